The second-order valence-electron chi connectivity index (χ2n) is 5.01. The van der Waals surface area contributed by atoms with Gasteiger partial charge in [-0.3, -0.25) is 9.36 Å². The third-order valence-corrected chi connectivity index (χ3v) is 4.80. The van der Waals surface area contributed by atoms with Gasteiger partial charge in [0.2, 0.25) is 0 Å². The van der Waals surface area contributed by atoms with Crippen LogP contribution in [-0.4, -0.2) is 19.5 Å². The molecule has 0 fully saturated rings. The van der Waals surface area contributed by atoms with E-state index in [1.165, 1.54) is 22.2 Å². The number of halogens is 1. The van der Waals surface area contributed by atoms with Crippen molar-refractivity contribution in [1.29, 1.82) is 0 Å². The van der Waals surface area contributed by atoms with E-state index in [2.05, 4.69) is 15.0 Å². The van der Waals surface area contributed by atoms with Gasteiger partial charge in [0.25, 0.3) is 5.56 Å². The topological polar surface area (TPSA) is 86.7 Å². The molecule has 0 saturated heterocycles. The first kappa shape index (κ1) is 14.1. The highest BCUT2D eigenvalue weighted by Gasteiger charge is 2.16. The summed E-state index contributed by atoms with van der Waals surface area (Å²) in [6.07, 6.45) is 1.49. The number of hydrogen-bond acceptors (Lipinski definition) is 6. The van der Waals surface area contributed by atoms with Crippen LogP contribution in [0, 0.1) is 6.92 Å². The Morgan fingerprint density at radius 2 is 1.96 bits per heavy atom. The normalized spacial score (nSPS) is 11.4. The minimum absolute atomic E-state index is 0.169. The smallest absolute Gasteiger partial charge is 0.275 e. The van der Waals surface area contributed by atoms with E-state index >= 15 is 0 Å². The van der Waals surface area contributed by atoms with Crippen LogP contribution in [0.4, 0.5) is 5.82 Å². The highest BCUT2D eigenvalue weighted by molar-refractivity contribution is 7.25. The van der Waals surface area contributed by atoms with E-state index in [9.17, 15) is 4.79 Å². The number of benzene rings is 1. The quantitative estimate of drug-likeness (QED) is 0.574. The largest absolute Gasteiger partial charge is 0.383 e. The molecule has 0 spiro atoms. The van der Waals surface area contributed by atoms with Crippen LogP contribution in [0.2, 0.25) is 5.02 Å². The maximum atomic E-state index is 12.8. The first-order valence-corrected chi connectivity index (χ1v) is 7.94. The van der Waals surface area contributed by atoms with Crippen LogP contribution in [0.1, 0.15) is 5.82 Å². The van der Waals surface area contributed by atoms with Crippen LogP contribution in [0.3, 0.4) is 0 Å². The summed E-state index contributed by atoms with van der Waals surface area (Å²) in [5, 5.41) is 1.24. The van der Waals surface area contributed by atoms with Crippen molar-refractivity contribution >= 4 is 49.2 Å². The van der Waals surface area contributed by atoms with Crippen molar-refractivity contribution in [1.82, 2.24) is 19.5 Å². The van der Waals surface area contributed by atoms with Crippen LogP contribution in [0.15, 0.2) is 35.4 Å². The second-order valence-corrected chi connectivity index (χ2v) is 6.45. The molecule has 8 heteroatoms. The summed E-state index contributed by atoms with van der Waals surface area (Å²) in [4.78, 5) is 26.4. The predicted molar refractivity (Wildman–Crippen MR) is 92.5 cm³/mol. The number of thiophene rings is 1. The molecule has 0 aliphatic rings. The lowest BCUT2D eigenvalue weighted by Gasteiger charge is -2.05. The van der Waals surface area contributed by atoms with Crippen molar-refractivity contribution in [3.8, 4) is 5.69 Å². The van der Waals surface area contributed by atoms with Crippen molar-refractivity contribution in [3.05, 3.63) is 51.8 Å². The lowest BCUT2D eigenvalue weighted by molar-refractivity contribution is 0.967. The summed E-state index contributed by atoms with van der Waals surface area (Å²) < 4.78 is 1.98. The van der Waals surface area contributed by atoms with Crippen molar-refractivity contribution in [2.75, 3.05) is 5.73 Å². The molecule has 114 valence electrons. The molecule has 0 aliphatic carbocycles. The highest BCUT2D eigenvalue weighted by Crippen LogP contribution is 2.32. The van der Waals surface area contributed by atoms with Crippen LogP contribution in [-0.2, 0) is 0 Å². The number of anilines is 1. The van der Waals surface area contributed by atoms with Gasteiger partial charge in [-0.2, -0.15) is 0 Å². The molecular weight excluding hydrogens is 334 g/mol. The fourth-order valence-electron chi connectivity index (χ4n) is 2.45. The third kappa shape index (κ3) is 2.16. The first-order valence-electron chi connectivity index (χ1n) is 6.74. The Bertz CT molecular complexity index is 1120. The summed E-state index contributed by atoms with van der Waals surface area (Å²) in [5.41, 5.74) is 7.04. The van der Waals surface area contributed by atoms with E-state index in [1.807, 2.05) is 0 Å². The number of aromatic nitrogens is 4. The van der Waals surface area contributed by atoms with Gasteiger partial charge in [0.1, 0.15) is 33.0 Å². The summed E-state index contributed by atoms with van der Waals surface area (Å²) in [5.74, 6) is 0.912. The summed E-state index contributed by atoms with van der Waals surface area (Å²) in [6.45, 7) is 1.76. The van der Waals surface area contributed by atoms with Gasteiger partial charge >= 0.3 is 0 Å². The van der Waals surface area contributed by atoms with Gasteiger partial charge in [0.05, 0.1) is 11.1 Å². The number of nitrogens with zero attached hydrogens (tertiary/aromatic N) is 4. The molecule has 0 unspecified atom stereocenters. The fraction of sp³-hybridized carbons (Fsp3) is 0.0667. The van der Waals surface area contributed by atoms with Crippen LogP contribution >= 0.6 is 22.9 Å². The molecule has 1 aromatic carbocycles. The van der Waals surface area contributed by atoms with Crippen molar-refractivity contribution in [2.45, 2.75) is 6.92 Å². The maximum absolute atomic E-state index is 12.8. The van der Waals surface area contributed by atoms with Crippen molar-refractivity contribution in [2.24, 2.45) is 0 Å². The molecule has 3 aromatic heterocycles. The van der Waals surface area contributed by atoms with Crippen molar-refractivity contribution < 1.29 is 0 Å². The highest BCUT2D eigenvalue weighted by atomic mass is 35.5. The average molecular weight is 344 g/mol. The number of rotatable bonds is 1. The Kier molecular flexibility index (Phi) is 3.07. The minimum atomic E-state index is -0.169. The monoisotopic (exact) mass is 343 g/mol. The molecule has 0 amide bonds. The van der Waals surface area contributed by atoms with E-state index in [4.69, 9.17) is 17.3 Å². The molecule has 3 heterocycles. The molecule has 4 aromatic rings. The predicted octanol–water partition coefficient (Wildman–Crippen LogP) is 2.93. The van der Waals surface area contributed by atoms with Gasteiger partial charge in [-0.15, -0.1) is 11.3 Å². The fourth-order valence-corrected chi connectivity index (χ4v) is 3.69. The van der Waals surface area contributed by atoms with Crippen LogP contribution < -0.4 is 11.3 Å². The third-order valence-electron chi connectivity index (χ3n) is 3.49. The van der Waals surface area contributed by atoms with Gasteiger partial charge in [0, 0.05) is 5.02 Å². The van der Waals surface area contributed by atoms with Gasteiger partial charge in [-0.1, -0.05) is 11.6 Å². The second kappa shape index (κ2) is 5.00. The zero-order chi connectivity index (χ0) is 16.1. The molecule has 0 bridgehead atoms. The van der Waals surface area contributed by atoms with Gasteiger partial charge in [0.15, 0.2) is 0 Å². The van der Waals surface area contributed by atoms with E-state index in [1.54, 1.807) is 31.2 Å². The van der Waals surface area contributed by atoms with Crippen LogP contribution in [0.5, 0.6) is 0 Å². The van der Waals surface area contributed by atoms with Crippen molar-refractivity contribution in [3.63, 3.8) is 0 Å². The average Bonchev–Trinajstić information content (AvgIpc) is 2.88. The molecule has 4 rings (SSSR count). The molecular formula is C15H10ClN5OS. The minimum Gasteiger partial charge on any atom is -0.383 e. The Labute approximate surface area is 139 Å². The first-order chi connectivity index (χ1) is 11.0. The Hall–Kier alpha value is -2.51. The SMILES string of the molecule is Cc1nc(N)c2c(n1)sc1c(=O)n(-c3ccc(Cl)cc3)cnc12. The van der Waals surface area contributed by atoms with E-state index in [-0.39, 0.29) is 5.56 Å². The van der Waals surface area contributed by atoms with Gasteiger partial charge < -0.3 is 5.73 Å². The number of aryl methyl sites for hydroxylation is 1. The molecule has 23 heavy (non-hydrogen) atoms. The Balaban J connectivity index is 2.06. The molecule has 2 N–H and O–H groups in total. The Morgan fingerprint density at radius 1 is 1.22 bits per heavy atom. The zero-order valence-electron chi connectivity index (χ0n) is 11.9. The molecule has 0 atom stereocenters. The lowest BCUT2D eigenvalue weighted by atomic mass is 10.3. The number of nitrogens with two attached hydrogens (primary N) is 1. The van der Waals surface area contributed by atoms with Gasteiger partial charge in [-0.25, -0.2) is 15.0 Å². The van der Waals surface area contributed by atoms with E-state index in [0.717, 1.165) is 0 Å². The zero-order valence-corrected chi connectivity index (χ0v) is 13.5. The number of hydrogen-bond donors (Lipinski definition) is 1. The van der Waals surface area contributed by atoms with Gasteiger partial charge in [-0.05, 0) is 31.2 Å². The molecule has 0 saturated carbocycles. The molecule has 0 radical (unpaired) electrons. The maximum Gasteiger partial charge on any atom is 0.275 e. The van der Waals surface area contributed by atoms with Crippen LogP contribution in [0.25, 0.3) is 26.1 Å². The standard InChI is InChI=1S/C15H10ClN5OS/c1-7-19-13(17)10-11-12(23-14(10)20-7)15(22)21(6-18-11)9-4-2-8(16)3-5-9/h2-6H,1H3,(H2,17,19,20). The van der Waals surface area contributed by atoms with E-state index in [0.29, 0.717) is 42.8 Å². The summed E-state index contributed by atoms with van der Waals surface area (Å²) in [6, 6.07) is 6.99. The molecule has 0 aliphatic heterocycles. The Morgan fingerprint density at radius 3 is 2.70 bits per heavy atom. The molecule has 6 nitrogen and oxygen atoms in total. The summed E-state index contributed by atoms with van der Waals surface area (Å²) in [7, 11) is 0. The number of nitrogen functional groups attached to an aromatic ring is 1. The lowest BCUT2D eigenvalue weighted by Crippen LogP contribution is -2.17. The number of fused-ring (bicyclic) bond motifs is 3. The summed E-state index contributed by atoms with van der Waals surface area (Å²) >= 11 is 7.17. The van der Waals surface area contributed by atoms with E-state index < -0.39 is 0 Å².